The molecule has 0 spiro atoms. The SMILES string of the molecule is CCc1cccc2c(CC(=O)N3C[C@@H](O)C[C@@H]3c3nc(C)no3)c[nH]c12. The maximum atomic E-state index is 13.0. The lowest BCUT2D eigenvalue weighted by atomic mass is 10.0. The first kappa shape index (κ1) is 16.8. The van der Waals surface area contributed by atoms with Crippen LogP contribution in [0.5, 0.6) is 0 Å². The average molecular weight is 354 g/mol. The van der Waals surface area contributed by atoms with Gasteiger partial charge in [-0.2, -0.15) is 4.98 Å². The summed E-state index contributed by atoms with van der Waals surface area (Å²) in [5.41, 5.74) is 3.28. The van der Waals surface area contributed by atoms with Gasteiger partial charge in [-0.3, -0.25) is 4.79 Å². The molecule has 7 nitrogen and oxygen atoms in total. The van der Waals surface area contributed by atoms with Crippen LogP contribution in [0.4, 0.5) is 0 Å². The molecule has 7 heteroatoms. The van der Waals surface area contributed by atoms with E-state index in [0.717, 1.165) is 22.9 Å². The highest BCUT2D eigenvalue weighted by Crippen LogP contribution is 2.32. The molecule has 1 aliphatic rings. The number of H-pyrrole nitrogens is 1. The molecule has 0 aliphatic carbocycles. The van der Waals surface area contributed by atoms with Gasteiger partial charge in [0.1, 0.15) is 6.04 Å². The summed E-state index contributed by atoms with van der Waals surface area (Å²) in [7, 11) is 0. The van der Waals surface area contributed by atoms with E-state index in [1.807, 2.05) is 18.3 Å². The van der Waals surface area contributed by atoms with Crippen molar-refractivity contribution in [2.45, 2.75) is 45.3 Å². The molecule has 26 heavy (non-hydrogen) atoms. The van der Waals surface area contributed by atoms with Crippen LogP contribution >= 0.6 is 0 Å². The summed E-state index contributed by atoms with van der Waals surface area (Å²) < 4.78 is 5.24. The summed E-state index contributed by atoms with van der Waals surface area (Å²) in [6, 6.07) is 5.78. The molecule has 2 atom stereocenters. The Bertz CT molecular complexity index is 945. The van der Waals surface area contributed by atoms with Gasteiger partial charge in [0.15, 0.2) is 5.82 Å². The largest absolute Gasteiger partial charge is 0.391 e. The number of aliphatic hydroxyl groups is 1. The summed E-state index contributed by atoms with van der Waals surface area (Å²) in [6.45, 7) is 4.14. The van der Waals surface area contributed by atoms with Gasteiger partial charge in [-0.25, -0.2) is 0 Å². The first-order valence-corrected chi connectivity index (χ1v) is 8.92. The number of amides is 1. The van der Waals surface area contributed by atoms with Crippen molar-refractivity contribution in [3.63, 3.8) is 0 Å². The molecule has 1 amide bonds. The Labute approximate surface area is 151 Å². The van der Waals surface area contributed by atoms with Crippen LogP contribution in [0.2, 0.25) is 0 Å². The van der Waals surface area contributed by atoms with Crippen LogP contribution in [0.1, 0.15) is 42.2 Å². The number of hydrogen-bond acceptors (Lipinski definition) is 5. The fraction of sp³-hybridized carbons (Fsp3) is 0.421. The molecule has 2 N–H and O–H groups in total. The maximum absolute atomic E-state index is 13.0. The van der Waals surface area contributed by atoms with Gasteiger partial charge in [0.05, 0.1) is 12.5 Å². The third-order valence-electron chi connectivity index (χ3n) is 5.04. The summed E-state index contributed by atoms with van der Waals surface area (Å²) in [5, 5.41) is 14.9. The first-order chi connectivity index (χ1) is 12.6. The van der Waals surface area contributed by atoms with Crippen molar-refractivity contribution in [3.05, 3.63) is 47.2 Å². The number of aliphatic hydroxyl groups excluding tert-OH is 1. The van der Waals surface area contributed by atoms with Gasteiger partial charge < -0.3 is 19.5 Å². The number of hydrogen-bond donors (Lipinski definition) is 2. The van der Waals surface area contributed by atoms with Crippen molar-refractivity contribution in [1.29, 1.82) is 0 Å². The summed E-state index contributed by atoms with van der Waals surface area (Å²) in [4.78, 5) is 22.1. The van der Waals surface area contributed by atoms with Crippen LogP contribution in [0.25, 0.3) is 10.9 Å². The highest BCUT2D eigenvalue weighted by molar-refractivity contribution is 5.90. The van der Waals surface area contributed by atoms with Gasteiger partial charge in [-0.15, -0.1) is 0 Å². The Morgan fingerprint density at radius 3 is 3.00 bits per heavy atom. The lowest BCUT2D eigenvalue weighted by Gasteiger charge is -2.21. The zero-order valence-corrected chi connectivity index (χ0v) is 14.9. The highest BCUT2D eigenvalue weighted by atomic mass is 16.5. The molecule has 0 unspecified atom stereocenters. The van der Waals surface area contributed by atoms with Gasteiger partial charge in [-0.05, 0) is 24.5 Å². The van der Waals surface area contributed by atoms with Gasteiger partial charge in [0.25, 0.3) is 0 Å². The molecule has 0 saturated carbocycles. The molecule has 136 valence electrons. The number of nitrogens with one attached hydrogen (secondary N) is 1. The molecule has 1 fully saturated rings. The van der Waals surface area contributed by atoms with E-state index in [4.69, 9.17) is 4.52 Å². The normalized spacial score (nSPS) is 20.2. The Balaban J connectivity index is 1.59. The lowest BCUT2D eigenvalue weighted by molar-refractivity contribution is -0.132. The number of rotatable bonds is 4. The molecule has 1 aliphatic heterocycles. The third kappa shape index (κ3) is 2.88. The number of carbonyl (C=O) groups excluding carboxylic acids is 1. The second-order valence-electron chi connectivity index (χ2n) is 6.82. The molecular weight excluding hydrogens is 332 g/mol. The van der Waals surface area contributed by atoms with E-state index in [0.29, 0.717) is 18.1 Å². The fourth-order valence-corrected chi connectivity index (χ4v) is 3.75. The first-order valence-electron chi connectivity index (χ1n) is 8.92. The molecule has 2 aromatic heterocycles. The van der Waals surface area contributed by atoms with Crippen LogP contribution in [0.15, 0.2) is 28.9 Å². The van der Waals surface area contributed by atoms with E-state index in [-0.39, 0.29) is 24.9 Å². The Morgan fingerprint density at radius 2 is 2.27 bits per heavy atom. The van der Waals surface area contributed by atoms with E-state index in [1.165, 1.54) is 5.56 Å². The van der Waals surface area contributed by atoms with Crippen molar-refractivity contribution in [2.75, 3.05) is 6.54 Å². The molecule has 0 bridgehead atoms. The smallest absolute Gasteiger partial charge is 0.249 e. The topological polar surface area (TPSA) is 95.2 Å². The number of aromatic amines is 1. The summed E-state index contributed by atoms with van der Waals surface area (Å²) in [6.07, 6.45) is 2.94. The number of aromatic nitrogens is 3. The predicted octanol–water partition coefficient (Wildman–Crippen LogP) is 2.30. The van der Waals surface area contributed by atoms with E-state index in [9.17, 15) is 9.90 Å². The van der Waals surface area contributed by atoms with Crippen molar-refractivity contribution >= 4 is 16.8 Å². The minimum atomic E-state index is -0.578. The highest BCUT2D eigenvalue weighted by Gasteiger charge is 2.38. The minimum absolute atomic E-state index is 0.0507. The van der Waals surface area contributed by atoms with E-state index in [1.54, 1.807) is 11.8 Å². The molecule has 3 aromatic rings. The second kappa shape index (κ2) is 6.57. The predicted molar refractivity (Wildman–Crippen MR) is 95.5 cm³/mol. The van der Waals surface area contributed by atoms with Gasteiger partial charge >= 0.3 is 0 Å². The number of nitrogens with zero attached hydrogens (tertiary/aromatic N) is 3. The van der Waals surface area contributed by atoms with Crippen molar-refractivity contribution < 1.29 is 14.4 Å². The van der Waals surface area contributed by atoms with Gasteiger partial charge in [-0.1, -0.05) is 30.3 Å². The Morgan fingerprint density at radius 1 is 1.42 bits per heavy atom. The zero-order chi connectivity index (χ0) is 18.3. The van der Waals surface area contributed by atoms with E-state index >= 15 is 0 Å². The number of para-hydroxylation sites is 1. The second-order valence-corrected chi connectivity index (χ2v) is 6.82. The number of fused-ring (bicyclic) bond motifs is 1. The van der Waals surface area contributed by atoms with Crippen LogP contribution in [0, 0.1) is 6.92 Å². The molecule has 1 saturated heterocycles. The number of aryl methyl sites for hydroxylation is 2. The van der Waals surface area contributed by atoms with Crippen molar-refractivity contribution in [1.82, 2.24) is 20.0 Å². The monoisotopic (exact) mass is 354 g/mol. The summed E-state index contributed by atoms with van der Waals surface area (Å²) >= 11 is 0. The molecular formula is C19H22N4O3. The maximum Gasteiger partial charge on any atom is 0.249 e. The number of likely N-dealkylation sites (tertiary alicyclic amines) is 1. The Kier molecular flexibility index (Phi) is 4.24. The lowest BCUT2D eigenvalue weighted by Crippen LogP contribution is -2.33. The van der Waals surface area contributed by atoms with Crippen LogP contribution in [-0.4, -0.2) is 43.7 Å². The molecule has 4 rings (SSSR count). The summed E-state index contributed by atoms with van der Waals surface area (Å²) in [5.74, 6) is 0.863. The standard InChI is InChI=1S/C19H22N4O3/c1-3-12-5-4-6-15-13(9-20-18(12)15)7-17(25)23-10-14(24)8-16(23)19-21-11(2)22-26-19/h4-6,9,14,16,20,24H,3,7-8,10H2,1-2H3/t14-,16+/m0/s1. The molecule has 1 aromatic carbocycles. The van der Waals surface area contributed by atoms with Crippen LogP contribution < -0.4 is 0 Å². The van der Waals surface area contributed by atoms with E-state index in [2.05, 4.69) is 28.1 Å². The molecule has 3 heterocycles. The minimum Gasteiger partial charge on any atom is -0.391 e. The fourth-order valence-electron chi connectivity index (χ4n) is 3.75. The third-order valence-corrected chi connectivity index (χ3v) is 5.04. The average Bonchev–Trinajstić information content (AvgIpc) is 3.33. The van der Waals surface area contributed by atoms with E-state index < -0.39 is 6.10 Å². The van der Waals surface area contributed by atoms with Gasteiger partial charge in [0, 0.05) is 30.1 Å². The number of carbonyl (C=O) groups is 1. The zero-order valence-electron chi connectivity index (χ0n) is 14.9. The van der Waals surface area contributed by atoms with Crippen molar-refractivity contribution in [3.8, 4) is 0 Å². The van der Waals surface area contributed by atoms with Crippen molar-refractivity contribution in [2.24, 2.45) is 0 Å². The van der Waals surface area contributed by atoms with Gasteiger partial charge in [0.2, 0.25) is 11.8 Å². The van der Waals surface area contributed by atoms with Crippen LogP contribution in [-0.2, 0) is 17.6 Å². The quantitative estimate of drug-likeness (QED) is 0.749. The number of β-amino-alcohol motifs (C(OH)–C–C–N with tert-alkyl or cyclic N) is 1. The Hall–Kier alpha value is -2.67. The number of benzene rings is 1. The van der Waals surface area contributed by atoms with Crippen LogP contribution in [0.3, 0.4) is 0 Å². The molecule has 0 radical (unpaired) electrons.